The predicted octanol–water partition coefficient (Wildman–Crippen LogP) is 2.33. The fourth-order valence-corrected chi connectivity index (χ4v) is 2.30. The average molecular weight is 326 g/mol. The van der Waals surface area contributed by atoms with E-state index in [9.17, 15) is 9.59 Å². The standard InChI is InChI=1S/C19H22N2O3/c20-19(23)18(16-10-5-2-6-11-16)21-17(22)12-7-13-24-14-15-8-3-1-4-9-15/h1-6,8-11,18H,7,12-14H2,(H2,20,23)(H,21,22). The van der Waals surface area contributed by atoms with Crippen molar-refractivity contribution in [3.8, 4) is 0 Å². The summed E-state index contributed by atoms with van der Waals surface area (Å²) in [6.07, 6.45) is 0.865. The van der Waals surface area contributed by atoms with E-state index >= 15 is 0 Å². The molecule has 1 unspecified atom stereocenters. The zero-order chi connectivity index (χ0) is 17.2. The van der Waals surface area contributed by atoms with Crippen molar-refractivity contribution in [2.24, 2.45) is 5.73 Å². The molecule has 0 bridgehead atoms. The number of nitrogens with two attached hydrogens (primary N) is 1. The summed E-state index contributed by atoms with van der Waals surface area (Å²) in [4.78, 5) is 23.5. The Morgan fingerprint density at radius 1 is 1.00 bits per heavy atom. The third kappa shape index (κ3) is 5.85. The van der Waals surface area contributed by atoms with Crippen LogP contribution in [0.25, 0.3) is 0 Å². The summed E-state index contributed by atoms with van der Waals surface area (Å²) in [5.41, 5.74) is 7.16. The topological polar surface area (TPSA) is 81.4 Å². The van der Waals surface area contributed by atoms with Crippen molar-refractivity contribution in [2.75, 3.05) is 6.61 Å². The van der Waals surface area contributed by atoms with Crippen LogP contribution in [0.5, 0.6) is 0 Å². The number of amides is 2. The normalized spacial score (nSPS) is 11.7. The highest BCUT2D eigenvalue weighted by molar-refractivity contribution is 5.87. The quantitative estimate of drug-likeness (QED) is 0.694. The number of ether oxygens (including phenoxy) is 1. The van der Waals surface area contributed by atoms with Gasteiger partial charge in [-0.05, 0) is 17.5 Å². The maximum atomic E-state index is 12.0. The third-order valence-corrected chi connectivity index (χ3v) is 3.53. The Balaban J connectivity index is 1.71. The summed E-state index contributed by atoms with van der Waals surface area (Å²) < 4.78 is 5.54. The second-order valence-electron chi connectivity index (χ2n) is 5.46. The van der Waals surface area contributed by atoms with Crippen molar-refractivity contribution in [1.82, 2.24) is 5.32 Å². The van der Waals surface area contributed by atoms with Gasteiger partial charge in [0.15, 0.2) is 0 Å². The van der Waals surface area contributed by atoms with Crippen LogP contribution in [0.15, 0.2) is 60.7 Å². The monoisotopic (exact) mass is 326 g/mol. The molecule has 0 fully saturated rings. The summed E-state index contributed by atoms with van der Waals surface area (Å²) in [7, 11) is 0. The fourth-order valence-electron chi connectivity index (χ4n) is 2.30. The molecule has 126 valence electrons. The number of rotatable bonds is 9. The first-order valence-electron chi connectivity index (χ1n) is 7.92. The second kappa shape index (κ2) is 9.47. The predicted molar refractivity (Wildman–Crippen MR) is 91.9 cm³/mol. The van der Waals surface area contributed by atoms with Gasteiger partial charge >= 0.3 is 0 Å². The van der Waals surface area contributed by atoms with Gasteiger partial charge in [0.2, 0.25) is 11.8 Å². The first-order valence-corrected chi connectivity index (χ1v) is 7.92. The van der Waals surface area contributed by atoms with E-state index < -0.39 is 11.9 Å². The van der Waals surface area contributed by atoms with Gasteiger partial charge in [0.05, 0.1) is 6.61 Å². The number of benzene rings is 2. The van der Waals surface area contributed by atoms with E-state index in [-0.39, 0.29) is 12.3 Å². The Morgan fingerprint density at radius 3 is 2.25 bits per heavy atom. The highest BCUT2D eigenvalue weighted by atomic mass is 16.5. The molecule has 2 aromatic rings. The molecule has 2 rings (SSSR count). The van der Waals surface area contributed by atoms with Crippen LogP contribution < -0.4 is 11.1 Å². The van der Waals surface area contributed by atoms with Crippen molar-refractivity contribution in [2.45, 2.75) is 25.5 Å². The number of primary amides is 1. The van der Waals surface area contributed by atoms with Crippen LogP contribution in [-0.2, 0) is 20.9 Å². The molecule has 0 saturated carbocycles. The smallest absolute Gasteiger partial charge is 0.244 e. The molecule has 0 radical (unpaired) electrons. The lowest BCUT2D eigenvalue weighted by Gasteiger charge is -2.15. The van der Waals surface area contributed by atoms with Gasteiger partial charge in [-0.1, -0.05) is 60.7 Å². The lowest BCUT2D eigenvalue weighted by Crippen LogP contribution is -2.37. The molecule has 5 heteroatoms. The van der Waals surface area contributed by atoms with Crippen LogP contribution >= 0.6 is 0 Å². The molecule has 2 aromatic carbocycles. The van der Waals surface area contributed by atoms with Crippen molar-refractivity contribution in [3.05, 3.63) is 71.8 Å². The summed E-state index contributed by atoms with van der Waals surface area (Å²) in [5, 5.41) is 2.67. The second-order valence-corrected chi connectivity index (χ2v) is 5.46. The minimum atomic E-state index is -0.802. The summed E-state index contributed by atoms with van der Waals surface area (Å²) in [6.45, 7) is 1.01. The van der Waals surface area contributed by atoms with E-state index in [1.165, 1.54) is 0 Å². The minimum Gasteiger partial charge on any atom is -0.377 e. The highest BCUT2D eigenvalue weighted by Crippen LogP contribution is 2.12. The Hall–Kier alpha value is -2.66. The van der Waals surface area contributed by atoms with Crippen molar-refractivity contribution in [3.63, 3.8) is 0 Å². The zero-order valence-corrected chi connectivity index (χ0v) is 13.5. The van der Waals surface area contributed by atoms with Gasteiger partial charge < -0.3 is 15.8 Å². The summed E-state index contributed by atoms with van der Waals surface area (Å²) in [5.74, 6) is -0.791. The van der Waals surface area contributed by atoms with E-state index in [1.54, 1.807) is 24.3 Å². The molecule has 0 saturated heterocycles. The van der Waals surface area contributed by atoms with Crippen LogP contribution in [0.2, 0.25) is 0 Å². The largest absolute Gasteiger partial charge is 0.377 e. The molecule has 3 N–H and O–H groups in total. The molecule has 0 spiro atoms. The van der Waals surface area contributed by atoms with Gasteiger partial charge in [-0.25, -0.2) is 0 Å². The van der Waals surface area contributed by atoms with Crippen LogP contribution in [0, 0.1) is 0 Å². The Bertz CT molecular complexity index is 644. The number of hydrogen-bond donors (Lipinski definition) is 2. The van der Waals surface area contributed by atoms with Gasteiger partial charge in [0.25, 0.3) is 0 Å². The Labute approximate surface area is 141 Å². The highest BCUT2D eigenvalue weighted by Gasteiger charge is 2.19. The Kier molecular flexibility index (Phi) is 6.98. The average Bonchev–Trinajstić information content (AvgIpc) is 2.61. The maximum Gasteiger partial charge on any atom is 0.244 e. The van der Waals surface area contributed by atoms with Gasteiger partial charge in [-0.2, -0.15) is 0 Å². The lowest BCUT2D eigenvalue weighted by atomic mass is 10.1. The van der Waals surface area contributed by atoms with Gasteiger partial charge in [0.1, 0.15) is 6.04 Å². The van der Waals surface area contributed by atoms with Gasteiger partial charge in [-0.15, -0.1) is 0 Å². The van der Waals surface area contributed by atoms with Crippen LogP contribution in [0.1, 0.15) is 30.0 Å². The molecule has 24 heavy (non-hydrogen) atoms. The van der Waals surface area contributed by atoms with E-state index in [1.807, 2.05) is 36.4 Å². The first kappa shape index (κ1) is 17.7. The van der Waals surface area contributed by atoms with Crippen molar-refractivity contribution in [1.29, 1.82) is 0 Å². The van der Waals surface area contributed by atoms with E-state index in [0.717, 1.165) is 5.56 Å². The molecule has 0 aliphatic rings. The molecule has 0 aromatic heterocycles. The van der Waals surface area contributed by atoms with Crippen LogP contribution in [0.3, 0.4) is 0 Å². The Morgan fingerprint density at radius 2 is 1.62 bits per heavy atom. The molecule has 0 heterocycles. The van der Waals surface area contributed by atoms with Crippen LogP contribution in [-0.4, -0.2) is 18.4 Å². The fraction of sp³-hybridized carbons (Fsp3) is 0.263. The SMILES string of the molecule is NC(=O)C(NC(=O)CCCOCc1ccccc1)c1ccccc1. The summed E-state index contributed by atoms with van der Waals surface area (Å²) >= 11 is 0. The van der Waals surface area contributed by atoms with Gasteiger partial charge in [0, 0.05) is 13.0 Å². The van der Waals surface area contributed by atoms with E-state index in [2.05, 4.69) is 5.32 Å². The molecule has 1 atom stereocenters. The molecule has 5 nitrogen and oxygen atoms in total. The molecular formula is C19H22N2O3. The molecule has 0 aliphatic carbocycles. The van der Waals surface area contributed by atoms with E-state index in [0.29, 0.717) is 25.2 Å². The lowest BCUT2D eigenvalue weighted by molar-refractivity contribution is -0.127. The summed E-state index contributed by atoms with van der Waals surface area (Å²) in [6, 6.07) is 18.0. The maximum absolute atomic E-state index is 12.0. The zero-order valence-electron chi connectivity index (χ0n) is 13.5. The third-order valence-electron chi connectivity index (χ3n) is 3.53. The number of nitrogens with one attached hydrogen (secondary N) is 1. The minimum absolute atomic E-state index is 0.217. The van der Waals surface area contributed by atoms with Crippen molar-refractivity contribution < 1.29 is 14.3 Å². The molecule has 0 aliphatic heterocycles. The molecule has 2 amide bonds. The van der Waals surface area contributed by atoms with Gasteiger partial charge in [-0.3, -0.25) is 9.59 Å². The van der Waals surface area contributed by atoms with E-state index in [4.69, 9.17) is 10.5 Å². The van der Waals surface area contributed by atoms with Crippen LogP contribution in [0.4, 0.5) is 0 Å². The van der Waals surface area contributed by atoms with Crippen molar-refractivity contribution >= 4 is 11.8 Å². The number of carbonyl (C=O) groups is 2. The first-order chi connectivity index (χ1) is 11.7. The molecular weight excluding hydrogens is 304 g/mol. The number of hydrogen-bond acceptors (Lipinski definition) is 3. The number of carbonyl (C=O) groups excluding carboxylic acids is 2.